The standard InChI is InChI=1S/C13H17ClN4O/c1-9-4-5-10(6-11(9)14)7-15-8-12-16-13(17-19-12)18(2)3/h4-6,15H,7-8H2,1-3H3. The Kier molecular flexibility index (Phi) is 4.39. The lowest BCUT2D eigenvalue weighted by Crippen LogP contribution is -2.14. The first-order valence-corrected chi connectivity index (χ1v) is 6.39. The predicted molar refractivity (Wildman–Crippen MR) is 75.4 cm³/mol. The Morgan fingerprint density at radius 2 is 2.11 bits per heavy atom. The summed E-state index contributed by atoms with van der Waals surface area (Å²) in [5, 5.41) is 7.87. The largest absolute Gasteiger partial charge is 0.344 e. The molecule has 1 heterocycles. The van der Waals surface area contributed by atoms with E-state index in [0.717, 1.165) is 16.1 Å². The first kappa shape index (κ1) is 13.8. The van der Waals surface area contributed by atoms with Crippen molar-refractivity contribution in [1.82, 2.24) is 15.5 Å². The van der Waals surface area contributed by atoms with Gasteiger partial charge >= 0.3 is 0 Å². The van der Waals surface area contributed by atoms with Gasteiger partial charge in [0.1, 0.15) is 0 Å². The maximum absolute atomic E-state index is 6.07. The molecule has 2 rings (SSSR count). The molecule has 0 spiro atoms. The molecule has 2 aromatic rings. The van der Waals surface area contributed by atoms with Gasteiger partial charge in [0.2, 0.25) is 5.89 Å². The maximum Gasteiger partial charge on any atom is 0.265 e. The van der Waals surface area contributed by atoms with E-state index in [0.29, 0.717) is 24.9 Å². The smallest absolute Gasteiger partial charge is 0.265 e. The van der Waals surface area contributed by atoms with E-state index in [4.69, 9.17) is 16.1 Å². The van der Waals surface area contributed by atoms with Gasteiger partial charge in [-0.25, -0.2) is 0 Å². The average Bonchev–Trinajstić information content (AvgIpc) is 2.83. The Balaban J connectivity index is 1.87. The van der Waals surface area contributed by atoms with Gasteiger partial charge in [-0.3, -0.25) is 0 Å². The van der Waals surface area contributed by atoms with Crippen molar-refractivity contribution in [3.63, 3.8) is 0 Å². The summed E-state index contributed by atoms with van der Waals surface area (Å²) in [7, 11) is 3.74. The molecule has 0 aliphatic rings. The predicted octanol–water partition coefficient (Wildman–Crippen LogP) is 2.39. The number of hydrogen-bond acceptors (Lipinski definition) is 5. The highest BCUT2D eigenvalue weighted by Gasteiger charge is 2.07. The van der Waals surface area contributed by atoms with Gasteiger partial charge in [-0.1, -0.05) is 23.7 Å². The van der Waals surface area contributed by atoms with Crippen LogP contribution in [0.4, 0.5) is 5.95 Å². The third-order valence-electron chi connectivity index (χ3n) is 2.70. The molecule has 1 N–H and O–H groups in total. The second-order valence-corrected chi connectivity index (χ2v) is 4.98. The second kappa shape index (κ2) is 6.04. The van der Waals surface area contributed by atoms with Gasteiger partial charge in [-0.15, -0.1) is 0 Å². The highest BCUT2D eigenvalue weighted by atomic mass is 35.5. The molecule has 0 unspecified atom stereocenters. The first-order chi connectivity index (χ1) is 9.06. The van der Waals surface area contributed by atoms with Crippen LogP contribution in [0.25, 0.3) is 0 Å². The summed E-state index contributed by atoms with van der Waals surface area (Å²) in [5.74, 6) is 1.15. The van der Waals surface area contributed by atoms with Gasteiger partial charge < -0.3 is 14.7 Å². The molecular formula is C13H17ClN4O. The van der Waals surface area contributed by atoms with Crippen LogP contribution >= 0.6 is 11.6 Å². The SMILES string of the molecule is Cc1ccc(CNCc2nc(N(C)C)no2)cc1Cl. The van der Waals surface area contributed by atoms with Crippen LogP contribution in [-0.4, -0.2) is 24.2 Å². The topological polar surface area (TPSA) is 54.2 Å². The van der Waals surface area contributed by atoms with Crippen molar-refractivity contribution < 1.29 is 4.52 Å². The molecule has 0 aliphatic carbocycles. The molecule has 0 radical (unpaired) electrons. The van der Waals surface area contributed by atoms with Crippen LogP contribution < -0.4 is 10.2 Å². The summed E-state index contributed by atoms with van der Waals surface area (Å²) >= 11 is 6.07. The van der Waals surface area contributed by atoms with Crippen molar-refractivity contribution in [3.05, 3.63) is 40.2 Å². The third-order valence-corrected chi connectivity index (χ3v) is 3.11. The fourth-order valence-corrected chi connectivity index (χ4v) is 1.76. The number of nitrogens with zero attached hydrogens (tertiary/aromatic N) is 3. The Bertz CT molecular complexity index is 553. The molecule has 5 nitrogen and oxygen atoms in total. The van der Waals surface area contributed by atoms with E-state index in [9.17, 15) is 0 Å². The number of anilines is 1. The zero-order valence-corrected chi connectivity index (χ0v) is 12.0. The lowest BCUT2D eigenvalue weighted by atomic mass is 10.1. The minimum Gasteiger partial charge on any atom is -0.344 e. The summed E-state index contributed by atoms with van der Waals surface area (Å²) in [5.41, 5.74) is 2.21. The van der Waals surface area contributed by atoms with E-state index in [1.165, 1.54) is 0 Å². The Labute approximate surface area is 117 Å². The summed E-state index contributed by atoms with van der Waals surface area (Å²) in [4.78, 5) is 6.03. The number of rotatable bonds is 5. The normalized spacial score (nSPS) is 10.7. The van der Waals surface area contributed by atoms with Gasteiger partial charge in [-0.05, 0) is 29.3 Å². The van der Waals surface area contributed by atoms with Crippen LogP contribution in [0.5, 0.6) is 0 Å². The van der Waals surface area contributed by atoms with Gasteiger partial charge in [0.25, 0.3) is 5.95 Å². The molecule has 0 fully saturated rings. The van der Waals surface area contributed by atoms with E-state index >= 15 is 0 Å². The van der Waals surface area contributed by atoms with E-state index < -0.39 is 0 Å². The highest BCUT2D eigenvalue weighted by Crippen LogP contribution is 2.16. The third kappa shape index (κ3) is 3.68. The summed E-state index contributed by atoms with van der Waals surface area (Å²) < 4.78 is 5.12. The summed E-state index contributed by atoms with van der Waals surface area (Å²) in [6.07, 6.45) is 0. The Hall–Kier alpha value is -1.59. The van der Waals surface area contributed by atoms with E-state index in [-0.39, 0.29) is 0 Å². The second-order valence-electron chi connectivity index (χ2n) is 4.57. The number of halogens is 1. The Morgan fingerprint density at radius 3 is 2.74 bits per heavy atom. The minimum atomic E-state index is 0.534. The zero-order valence-electron chi connectivity index (χ0n) is 11.3. The van der Waals surface area contributed by atoms with Crippen molar-refractivity contribution in [1.29, 1.82) is 0 Å². The molecule has 0 atom stereocenters. The number of benzene rings is 1. The molecule has 0 saturated carbocycles. The molecule has 0 saturated heterocycles. The van der Waals surface area contributed by atoms with E-state index in [1.54, 1.807) is 4.90 Å². The lowest BCUT2D eigenvalue weighted by molar-refractivity contribution is 0.367. The number of aryl methyl sites for hydroxylation is 1. The summed E-state index contributed by atoms with van der Waals surface area (Å²) in [6, 6.07) is 6.02. The maximum atomic E-state index is 6.07. The molecular weight excluding hydrogens is 264 g/mol. The van der Waals surface area contributed by atoms with Gasteiger partial charge in [0, 0.05) is 25.7 Å². The molecule has 1 aromatic heterocycles. The molecule has 0 amide bonds. The molecule has 6 heteroatoms. The molecule has 0 aliphatic heterocycles. The van der Waals surface area contributed by atoms with Crippen LogP contribution in [0, 0.1) is 6.92 Å². The van der Waals surface area contributed by atoms with Crippen LogP contribution in [0.15, 0.2) is 22.7 Å². The van der Waals surface area contributed by atoms with E-state index in [1.807, 2.05) is 39.2 Å². The van der Waals surface area contributed by atoms with Crippen LogP contribution in [0.3, 0.4) is 0 Å². The van der Waals surface area contributed by atoms with Crippen LogP contribution in [0.1, 0.15) is 17.0 Å². The summed E-state index contributed by atoms with van der Waals surface area (Å²) in [6.45, 7) is 3.23. The van der Waals surface area contributed by atoms with Gasteiger partial charge in [0.15, 0.2) is 0 Å². The van der Waals surface area contributed by atoms with Crippen LogP contribution in [0.2, 0.25) is 5.02 Å². The van der Waals surface area contributed by atoms with Crippen LogP contribution in [-0.2, 0) is 13.1 Å². The number of nitrogens with one attached hydrogen (secondary N) is 1. The van der Waals surface area contributed by atoms with Crippen molar-refractivity contribution in [2.75, 3.05) is 19.0 Å². The molecule has 1 aromatic carbocycles. The first-order valence-electron chi connectivity index (χ1n) is 6.02. The molecule has 19 heavy (non-hydrogen) atoms. The van der Waals surface area contributed by atoms with Crippen molar-refractivity contribution in [2.24, 2.45) is 0 Å². The van der Waals surface area contributed by atoms with Gasteiger partial charge in [0.05, 0.1) is 6.54 Å². The Morgan fingerprint density at radius 1 is 1.32 bits per heavy atom. The lowest BCUT2D eigenvalue weighted by Gasteiger charge is -2.04. The number of aromatic nitrogens is 2. The van der Waals surface area contributed by atoms with Crippen molar-refractivity contribution in [3.8, 4) is 0 Å². The van der Waals surface area contributed by atoms with Crippen molar-refractivity contribution in [2.45, 2.75) is 20.0 Å². The fourth-order valence-electron chi connectivity index (χ4n) is 1.56. The minimum absolute atomic E-state index is 0.534. The zero-order chi connectivity index (χ0) is 13.8. The van der Waals surface area contributed by atoms with E-state index in [2.05, 4.69) is 15.5 Å². The highest BCUT2D eigenvalue weighted by molar-refractivity contribution is 6.31. The molecule has 0 bridgehead atoms. The average molecular weight is 281 g/mol. The monoisotopic (exact) mass is 280 g/mol. The van der Waals surface area contributed by atoms with Crippen molar-refractivity contribution >= 4 is 17.5 Å². The quantitative estimate of drug-likeness (QED) is 0.911. The molecule has 102 valence electrons. The van der Waals surface area contributed by atoms with Gasteiger partial charge in [-0.2, -0.15) is 4.98 Å². The number of hydrogen-bond donors (Lipinski definition) is 1. The fraction of sp³-hybridized carbons (Fsp3) is 0.385.